The van der Waals surface area contributed by atoms with E-state index >= 15 is 0 Å². The molecule has 0 N–H and O–H groups in total. The minimum atomic E-state index is 0.199. The van der Waals surface area contributed by atoms with Crippen molar-refractivity contribution < 1.29 is 6.17 Å². The summed E-state index contributed by atoms with van der Waals surface area (Å²) in [6.07, 6.45) is 2.57. The molecule has 2 aliphatic heterocycles. The summed E-state index contributed by atoms with van der Waals surface area (Å²) in [5, 5.41) is 0. The molecule has 0 spiro atoms. The lowest BCUT2D eigenvalue weighted by molar-refractivity contribution is -0.118. The van der Waals surface area contributed by atoms with Gasteiger partial charge in [-0.05, 0) is 44.6 Å². The molecule has 0 aliphatic carbocycles. The van der Waals surface area contributed by atoms with Gasteiger partial charge >= 0.3 is 0 Å². The van der Waals surface area contributed by atoms with E-state index in [1.807, 2.05) is 17.0 Å². The predicted molar refractivity (Wildman–Crippen MR) is 68.2 cm³/mol. The van der Waals surface area contributed by atoms with E-state index in [0.29, 0.717) is 18.5 Å². The Hall–Kier alpha value is -1.35. The normalized spacial score (nSPS) is 22.8. The highest BCUT2D eigenvalue weighted by Crippen LogP contribution is 2.32. The zero-order valence-corrected chi connectivity index (χ0v) is 10.1. The lowest BCUT2D eigenvalue weighted by Crippen LogP contribution is -2.45. The van der Waals surface area contributed by atoms with Crippen molar-refractivity contribution in [1.82, 2.24) is 4.90 Å². The Bertz CT molecular complexity index is 481. The van der Waals surface area contributed by atoms with Crippen molar-refractivity contribution in [2.45, 2.75) is 25.3 Å². The maximum absolute atomic E-state index is 12.2. The molecule has 3 nitrogen and oxygen atoms in total. The van der Waals surface area contributed by atoms with Crippen LogP contribution in [0.4, 0.5) is 5.69 Å². The molecule has 0 saturated carbocycles. The van der Waals surface area contributed by atoms with Crippen LogP contribution in [0.1, 0.15) is 19.8 Å². The van der Waals surface area contributed by atoms with Crippen molar-refractivity contribution in [3.05, 3.63) is 29.8 Å². The second kappa shape index (κ2) is 4.15. The molecule has 1 aromatic carbocycles. The lowest BCUT2D eigenvalue weighted by atomic mass is 10.0. The van der Waals surface area contributed by atoms with Crippen LogP contribution < -0.4 is 4.90 Å². The number of nitrogens with zero attached hydrogens (tertiary/aromatic N) is 2. The van der Waals surface area contributed by atoms with Crippen LogP contribution in [0.25, 0.3) is 0 Å². The van der Waals surface area contributed by atoms with Crippen molar-refractivity contribution in [2.24, 2.45) is 0 Å². The first-order valence-electron chi connectivity index (χ1n) is 6.75. The Morgan fingerprint density at radius 3 is 2.88 bits per heavy atom. The van der Waals surface area contributed by atoms with Gasteiger partial charge in [-0.15, -0.1) is 0 Å². The standard InChI is InChI=1S/C14H18N2O/c1-15-8-6-12(7-9-15)16-13-5-3-2-4-11(13)10-14(16)17/h2-5,12H,6-10H2,1H3/i3D. The number of benzene rings is 1. The van der Waals surface area contributed by atoms with E-state index in [1.54, 1.807) is 6.07 Å². The first-order valence-corrected chi connectivity index (χ1v) is 6.25. The molecule has 1 fully saturated rings. The zero-order valence-electron chi connectivity index (χ0n) is 11.1. The second-order valence-electron chi connectivity index (χ2n) is 5.03. The maximum Gasteiger partial charge on any atom is 0.231 e. The molecule has 2 heterocycles. The number of amides is 1. The fourth-order valence-electron chi connectivity index (χ4n) is 2.86. The predicted octanol–water partition coefficient (Wildman–Crippen LogP) is 1.67. The van der Waals surface area contributed by atoms with Crippen molar-refractivity contribution >= 4 is 11.6 Å². The van der Waals surface area contributed by atoms with Crippen molar-refractivity contribution in [1.29, 1.82) is 0 Å². The molecule has 0 aromatic heterocycles. The van der Waals surface area contributed by atoms with Crippen LogP contribution in [-0.4, -0.2) is 37.0 Å². The van der Waals surface area contributed by atoms with E-state index in [2.05, 4.69) is 11.9 Å². The van der Waals surface area contributed by atoms with Gasteiger partial charge in [-0.1, -0.05) is 18.2 Å². The largest absolute Gasteiger partial charge is 0.309 e. The van der Waals surface area contributed by atoms with Gasteiger partial charge in [-0.2, -0.15) is 0 Å². The summed E-state index contributed by atoms with van der Waals surface area (Å²) in [6.45, 7) is 2.09. The summed E-state index contributed by atoms with van der Waals surface area (Å²) in [4.78, 5) is 16.4. The van der Waals surface area contributed by atoms with Gasteiger partial charge in [0, 0.05) is 11.7 Å². The molecule has 17 heavy (non-hydrogen) atoms. The number of rotatable bonds is 1. The molecule has 0 bridgehead atoms. The van der Waals surface area contributed by atoms with Crippen LogP contribution in [0, 0.1) is 0 Å². The summed E-state index contributed by atoms with van der Waals surface area (Å²) >= 11 is 0. The average molecular weight is 231 g/mol. The van der Waals surface area contributed by atoms with E-state index < -0.39 is 0 Å². The molecule has 90 valence electrons. The van der Waals surface area contributed by atoms with Crippen LogP contribution in [0.3, 0.4) is 0 Å². The van der Waals surface area contributed by atoms with Gasteiger partial charge < -0.3 is 9.80 Å². The van der Waals surface area contributed by atoms with E-state index in [-0.39, 0.29) is 5.91 Å². The number of para-hydroxylation sites is 1. The third-order valence-corrected chi connectivity index (χ3v) is 3.85. The van der Waals surface area contributed by atoms with Crippen molar-refractivity contribution in [3.63, 3.8) is 0 Å². The number of hydrogen-bond acceptors (Lipinski definition) is 2. The summed E-state index contributed by atoms with van der Waals surface area (Å²) in [5.74, 6) is 0.199. The first-order chi connectivity index (χ1) is 8.65. The second-order valence-corrected chi connectivity index (χ2v) is 5.03. The lowest BCUT2D eigenvalue weighted by Gasteiger charge is -2.35. The number of carbonyl (C=O) groups is 1. The molecular formula is C14H18N2O. The summed E-state index contributed by atoms with van der Waals surface area (Å²) in [6, 6.07) is 6.32. The number of anilines is 1. The molecule has 0 atom stereocenters. The average Bonchev–Trinajstić information content (AvgIpc) is 2.66. The topological polar surface area (TPSA) is 23.6 Å². The van der Waals surface area contributed by atoms with Gasteiger partial charge in [0.15, 0.2) is 0 Å². The highest BCUT2D eigenvalue weighted by Gasteiger charge is 2.33. The molecule has 0 radical (unpaired) electrons. The Morgan fingerprint density at radius 2 is 2.12 bits per heavy atom. The zero-order chi connectivity index (χ0) is 12.7. The molecule has 2 aliphatic rings. The third kappa shape index (κ3) is 1.84. The van der Waals surface area contributed by atoms with Crippen LogP contribution >= 0.6 is 0 Å². The molecule has 0 unspecified atom stereocenters. The highest BCUT2D eigenvalue weighted by atomic mass is 16.2. The van der Waals surface area contributed by atoms with Gasteiger partial charge in [0.25, 0.3) is 0 Å². The fraction of sp³-hybridized carbons (Fsp3) is 0.500. The van der Waals surface area contributed by atoms with Gasteiger partial charge in [-0.25, -0.2) is 0 Å². The van der Waals surface area contributed by atoms with Crippen LogP contribution in [-0.2, 0) is 11.2 Å². The third-order valence-electron chi connectivity index (χ3n) is 3.85. The van der Waals surface area contributed by atoms with Crippen molar-refractivity contribution in [3.8, 4) is 0 Å². The maximum atomic E-state index is 12.2. The Balaban J connectivity index is 1.89. The van der Waals surface area contributed by atoms with E-state index in [9.17, 15) is 4.79 Å². The molecule has 1 saturated heterocycles. The number of piperidine rings is 1. The smallest absolute Gasteiger partial charge is 0.231 e. The minimum Gasteiger partial charge on any atom is -0.309 e. The number of likely N-dealkylation sites (tertiary alicyclic amines) is 1. The Morgan fingerprint density at radius 1 is 1.35 bits per heavy atom. The minimum absolute atomic E-state index is 0.199. The summed E-state index contributed by atoms with van der Waals surface area (Å²) in [7, 11) is 2.12. The van der Waals surface area contributed by atoms with Gasteiger partial charge in [0.2, 0.25) is 5.91 Å². The highest BCUT2D eigenvalue weighted by molar-refractivity contribution is 6.01. The summed E-state index contributed by atoms with van der Waals surface area (Å²) in [5.41, 5.74) is 2.05. The van der Waals surface area contributed by atoms with Crippen LogP contribution in [0.15, 0.2) is 24.2 Å². The number of carbonyl (C=O) groups excluding carboxylic acids is 1. The Kier molecular flexibility index (Phi) is 2.36. The van der Waals surface area contributed by atoms with E-state index in [1.165, 1.54) is 0 Å². The van der Waals surface area contributed by atoms with Crippen molar-refractivity contribution in [2.75, 3.05) is 25.0 Å². The van der Waals surface area contributed by atoms with E-state index in [0.717, 1.165) is 37.2 Å². The SMILES string of the molecule is [2H]c1ccc2c(c1)N(C1CCN(C)CC1)C(=O)C2. The first kappa shape index (κ1) is 9.66. The number of fused-ring (bicyclic) bond motifs is 1. The molecule has 3 heteroatoms. The molecule has 1 amide bonds. The quantitative estimate of drug-likeness (QED) is 0.734. The van der Waals surface area contributed by atoms with Gasteiger partial charge in [0.05, 0.1) is 7.79 Å². The fourth-order valence-corrected chi connectivity index (χ4v) is 2.86. The summed E-state index contributed by atoms with van der Waals surface area (Å²) < 4.78 is 7.72. The van der Waals surface area contributed by atoms with Crippen LogP contribution in [0.2, 0.25) is 0 Å². The molecule has 3 rings (SSSR count). The Labute approximate surface area is 103 Å². The molecule has 1 aromatic rings. The van der Waals surface area contributed by atoms with E-state index in [4.69, 9.17) is 1.37 Å². The molecular weight excluding hydrogens is 212 g/mol. The monoisotopic (exact) mass is 231 g/mol. The number of hydrogen-bond donors (Lipinski definition) is 0. The van der Waals surface area contributed by atoms with Gasteiger partial charge in [0.1, 0.15) is 0 Å². The van der Waals surface area contributed by atoms with Crippen LogP contribution in [0.5, 0.6) is 0 Å². The van der Waals surface area contributed by atoms with Gasteiger partial charge in [-0.3, -0.25) is 4.79 Å².